The maximum Gasteiger partial charge on any atom is 0.319 e. The molecule has 4 rings (SSSR count). The zero-order chi connectivity index (χ0) is 23.3. The second-order valence-electron chi connectivity index (χ2n) is 8.29. The van der Waals surface area contributed by atoms with Crippen LogP contribution in [-0.4, -0.2) is 64.7 Å². The SMILES string of the molecule is O=C(NCC1CCN(c2ccc(S(=O)(=O)N3CCOCC3)cc2)CC1)Nc1cccc(F)c1. The molecule has 2 saturated heterocycles. The zero-order valence-electron chi connectivity index (χ0n) is 18.4. The van der Waals surface area contributed by atoms with E-state index in [2.05, 4.69) is 15.5 Å². The number of nitrogens with one attached hydrogen (secondary N) is 2. The highest BCUT2D eigenvalue weighted by Gasteiger charge is 2.27. The van der Waals surface area contributed by atoms with Crippen molar-refractivity contribution in [2.45, 2.75) is 17.7 Å². The Labute approximate surface area is 193 Å². The van der Waals surface area contributed by atoms with E-state index < -0.39 is 15.8 Å². The summed E-state index contributed by atoms with van der Waals surface area (Å²) in [5, 5.41) is 5.50. The van der Waals surface area contributed by atoms with Gasteiger partial charge < -0.3 is 20.3 Å². The number of amides is 2. The van der Waals surface area contributed by atoms with E-state index in [4.69, 9.17) is 4.74 Å². The highest BCUT2D eigenvalue weighted by Crippen LogP contribution is 2.25. The van der Waals surface area contributed by atoms with Gasteiger partial charge in [0.05, 0.1) is 18.1 Å². The van der Waals surface area contributed by atoms with Crippen LogP contribution in [0.25, 0.3) is 0 Å². The largest absolute Gasteiger partial charge is 0.379 e. The average Bonchev–Trinajstić information content (AvgIpc) is 2.84. The molecule has 2 amide bonds. The first-order valence-corrected chi connectivity index (χ1v) is 12.6. The molecular formula is C23H29FN4O4S. The Bertz CT molecular complexity index is 1050. The number of piperidine rings is 1. The molecule has 0 saturated carbocycles. The Balaban J connectivity index is 1.24. The van der Waals surface area contributed by atoms with Crippen molar-refractivity contribution in [1.29, 1.82) is 0 Å². The van der Waals surface area contributed by atoms with Crippen molar-refractivity contribution in [1.82, 2.24) is 9.62 Å². The number of hydrogen-bond donors (Lipinski definition) is 2. The number of morpholine rings is 1. The molecule has 0 spiro atoms. The summed E-state index contributed by atoms with van der Waals surface area (Å²) in [5.41, 5.74) is 1.41. The molecule has 8 nitrogen and oxygen atoms in total. The van der Waals surface area contributed by atoms with Crippen LogP contribution in [-0.2, 0) is 14.8 Å². The highest BCUT2D eigenvalue weighted by molar-refractivity contribution is 7.89. The molecule has 2 aromatic carbocycles. The van der Waals surface area contributed by atoms with E-state index in [9.17, 15) is 17.6 Å². The van der Waals surface area contributed by atoms with Gasteiger partial charge in [0.25, 0.3) is 0 Å². The van der Waals surface area contributed by atoms with Crippen LogP contribution in [0.15, 0.2) is 53.4 Å². The Morgan fingerprint density at radius 1 is 1.03 bits per heavy atom. The van der Waals surface area contributed by atoms with Gasteiger partial charge in [-0.05, 0) is 61.2 Å². The van der Waals surface area contributed by atoms with Crippen molar-refractivity contribution in [2.24, 2.45) is 5.92 Å². The summed E-state index contributed by atoms with van der Waals surface area (Å²) >= 11 is 0. The fraction of sp³-hybridized carbons (Fsp3) is 0.435. The van der Waals surface area contributed by atoms with Gasteiger partial charge in [-0.25, -0.2) is 17.6 Å². The van der Waals surface area contributed by atoms with Crippen molar-refractivity contribution in [3.63, 3.8) is 0 Å². The number of halogens is 1. The number of anilines is 2. The highest BCUT2D eigenvalue weighted by atomic mass is 32.2. The van der Waals surface area contributed by atoms with E-state index in [-0.39, 0.29) is 6.03 Å². The molecule has 33 heavy (non-hydrogen) atoms. The molecule has 10 heteroatoms. The minimum absolute atomic E-state index is 0.302. The number of nitrogens with zero attached hydrogens (tertiary/aromatic N) is 2. The monoisotopic (exact) mass is 476 g/mol. The van der Waals surface area contributed by atoms with Gasteiger partial charge in [0.2, 0.25) is 10.0 Å². The quantitative estimate of drug-likeness (QED) is 0.669. The third kappa shape index (κ3) is 6.01. The molecule has 2 aliphatic heterocycles. The topological polar surface area (TPSA) is 91.0 Å². The first-order valence-electron chi connectivity index (χ1n) is 11.2. The van der Waals surface area contributed by atoms with E-state index >= 15 is 0 Å². The summed E-state index contributed by atoms with van der Waals surface area (Å²) in [7, 11) is -3.49. The first-order chi connectivity index (χ1) is 15.9. The third-order valence-electron chi connectivity index (χ3n) is 6.06. The van der Waals surface area contributed by atoms with Gasteiger partial charge in [-0.2, -0.15) is 4.31 Å². The first kappa shape index (κ1) is 23.5. The lowest BCUT2D eigenvalue weighted by atomic mass is 9.96. The molecule has 2 aliphatic rings. The fourth-order valence-corrected chi connectivity index (χ4v) is 5.55. The Kier molecular flexibility index (Phi) is 7.46. The summed E-state index contributed by atoms with van der Waals surface area (Å²) in [5.74, 6) is -0.0487. The number of carbonyl (C=O) groups excluding carboxylic acids is 1. The van der Waals surface area contributed by atoms with Gasteiger partial charge in [0, 0.05) is 44.1 Å². The number of sulfonamides is 1. The molecule has 2 fully saturated rings. The molecule has 0 bridgehead atoms. The molecular weight excluding hydrogens is 447 g/mol. The lowest BCUT2D eigenvalue weighted by Crippen LogP contribution is -2.40. The fourth-order valence-electron chi connectivity index (χ4n) is 4.14. The minimum Gasteiger partial charge on any atom is -0.379 e. The number of benzene rings is 2. The van der Waals surface area contributed by atoms with E-state index in [1.165, 1.54) is 16.4 Å². The summed E-state index contributed by atoms with van der Waals surface area (Å²) in [6.45, 7) is 3.81. The van der Waals surface area contributed by atoms with Gasteiger partial charge in [-0.3, -0.25) is 0 Å². The summed E-state index contributed by atoms with van der Waals surface area (Å²) in [4.78, 5) is 14.6. The van der Waals surface area contributed by atoms with Gasteiger partial charge in [-0.15, -0.1) is 0 Å². The molecule has 2 N–H and O–H groups in total. The molecule has 2 heterocycles. The summed E-state index contributed by atoms with van der Waals surface area (Å²) in [6.07, 6.45) is 1.82. The summed E-state index contributed by atoms with van der Waals surface area (Å²) < 4.78 is 45.5. The van der Waals surface area contributed by atoms with Crippen LogP contribution in [0, 0.1) is 11.7 Å². The van der Waals surface area contributed by atoms with E-state index in [0.717, 1.165) is 31.6 Å². The predicted octanol–water partition coefficient (Wildman–Crippen LogP) is 2.88. The maximum absolute atomic E-state index is 13.2. The molecule has 0 atom stereocenters. The van der Waals surface area contributed by atoms with E-state index in [0.29, 0.717) is 49.3 Å². The van der Waals surface area contributed by atoms with Crippen LogP contribution in [0.5, 0.6) is 0 Å². The van der Waals surface area contributed by atoms with Crippen molar-refractivity contribution in [3.05, 3.63) is 54.3 Å². The number of urea groups is 1. The van der Waals surface area contributed by atoms with Crippen molar-refractivity contribution in [2.75, 3.05) is 56.2 Å². The van der Waals surface area contributed by atoms with Gasteiger partial charge in [-0.1, -0.05) is 6.07 Å². The van der Waals surface area contributed by atoms with Crippen molar-refractivity contribution in [3.8, 4) is 0 Å². The normalized spacial score (nSPS) is 18.2. The third-order valence-corrected chi connectivity index (χ3v) is 7.97. The van der Waals surface area contributed by atoms with E-state index in [1.807, 2.05) is 12.1 Å². The summed E-state index contributed by atoms with van der Waals surface area (Å²) in [6, 6.07) is 12.5. The molecule has 0 radical (unpaired) electrons. The maximum atomic E-state index is 13.2. The van der Waals surface area contributed by atoms with Crippen LogP contribution in [0.2, 0.25) is 0 Å². The van der Waals surface area contributed by atoms with E-state index in [1.54, 1.807) is 24.3 Å². The molecule has 2 aromatic rings. The number of ether oxygens (including phenoxy) is 1. The van der Waals surface area contributed by atoms with Crippen molar-refractivity contribution >= 4 is 27.4 Å². The van der Waals surface area contributed by atoms with Gasteiger partial charge in [0.15, 0.2) is 0 Å². The van der Waals surface area contributed by atoms with Crippen LogP contribution in [0.1, 0.15) is 12.8 Å². The lowest BCUT2D eigenvalue weighted by molar-refractivity contribution is 0.0730. The zero-order valence-corrected chi connectivity index (χ0v) is 19.2. The average molecular weight is 477 g/mol. The lowest BCUT2D eigenvalue weighted by Gasteiger charge is -2.34. The predicted molar refractivity (Wildman–Crippen MR) is 124 cm³/mol. The van der Waals surface area contributed by atoms with Gasteiger partial charge >= 0.3 is 6.03 Å². The van der Waals surface area contributed by atoms with Crippen LogP contribution in [0.4, 0.5) is 20.6 Å². The Morgan fingerprint density at radius 3 is 2.39 bits per heavy atom. The molecule has 0 aromatic heterocycles. The molecule has 0 unspecified atom stereocenters. The van der Waals surface area contributed by atoms with Crippen LogP contribution >= 0.6 is 0 Å². The Morgan fingerprint density at radius 2 is 1.73 bits per heavy atom. The van der Waals surface area contributed by atoms with Crippen LogP contribution in [0.3, 0.4) is 0 Å². The molecule has 0 aliphatic carbocycles. The van der Waals surface area contributed by atoms with Crippen molar-refractivity contribution < 1.29 is 22.3 Å². The van der Waals surface area contributed by atoms with Gasteiger partial charge in [0.1, 0.15) is 5.82 Å². The Hall–Kier alpha value is -2.69. The molecule has 178 valence electrons. The second-order valence-corrected chi connectivity index (χ2v) is 10.2. The second kappa shape index (κ2) is 10.5. The smallest absolute Gasteiger partial charge is 0.319 e. The number of carbonyl (C=O) groups is 1. The standard InChI is InChI=1S/C23H29FN4O4S/c24-19-2-1-3-20(16-19)26-23(29)25-17-18-8-10-27(11-9-18)21-4-6-22(7-5-21)33(30,31)28-12-14-32-15-13-28/h1-7,16,18H,8-15,17H2,(H2,25,26,29). The number of rotatable bonds is 6. The minimum atomic E-state index is -3.49. The van der Waals surface area contributed by atoms with Crippen LogP contribution < -0.4 is 15.5 Å². The number of hydrogen-bond acceptors (Lipinski definition) is 5.